The predicted octanol–water partition coefficient (Wildman–Crippen LogP) is 4.29. The van der Waals surface area contributed by atoms with Crippen LogP contribution in [-0.2, 0) is 0 Å². The third kappa shape index (κ3) is 8.62. The van der Waals surface area contributed by atoms with Crippen LogP contribution >= 0.6 is 0 Å². The number of aromatic nitrogens is 3. The Balaban J connectivity index is 1.34. The lowest BCUT2D eigenvalue weighted by molar-refractivity contribution is 0.0693. The summed E-state index contributed by atoms with van der Waals surface area (Å²) in [5.41, 5.74) is 2.22. The van der Waals surface area contributed by atoms with E-state index in [1.807, 2.05) is 0 Å². The molecule has 1 aliphatic rings. The van der Waals surface area contributed by atoms with Crippen molar-refractivity contribution in [1.29, 1.82) is 0 Å². The summed E-state index contributed by atoms with van der Waals surface area (Å²) in [6, 6.07) is 21.7. The number of carboxylic acids is 1. The summed E-state index contributed by atoms with van der Waals surface area (Å²) >= 11 is 0. The van der Waals surface area contributed by atoms with Crippen molar-refractivity contribution in [2.24, 2.45) is 15.8 Å². The fourth-order valence-corrected chi connectivity index (χ4v) is 4.38. The van der Waals surface area contributed by atoms with Gasteiger partial charge in [-0.15, -0.1) is 0 Å². The molecule has 0 fully saturated rings. The van der Waals surface area contributed by atoms with Gasteiger partial charge in [-0.05, 0) is 78.9 Å². The van der Waals surface area contributed by atoms with Crippen LogP contribution in [0, 0.1) is 11.6 Å². The average Bonchev–Trinajstić information content (AvgIpc) is 3.10. The first-order valence-electron chi connectivity index (χ1n) is 14.6. The normalized spacial score (nSPS) is 13.7. The van der Waals surface area contributed by atoms with Gasteiger partial charge in [0.2, 0.25) is 24.1 Å². The monoisotopic (exact) mass is 697 g/mol. The van der Waals surface area contributed by atoms with Crippen LogP contribution in [0.25, 0.3) is 0 Å². The lowest BCUT2D eigenvalue weighted by atomic mass is 10.2. The SMILES string of the molecule is NN1C(Nc2nc(Nc3cccc(F)c3)nc(Oc3ccc(C(=O)O)cc3)n2)=NC(Oc2cccc(C(=O)NO)c2)=NC1Nc1cccc(F)c1. The van der Waals surface area contributed by atoms with Crippen molar-refractivity contribution in [3.63, 3.8) is 0 Å². The number of nitrogens with zero attached hydrogens (tertiary/aromatic N) is 6. The molecule has 8 N–H and O–H groups in total. The number of hydrogen-bond donors (Lipinski definition) is 7. The van der Waals surface area contributed by atoms with Gasteiger partial charge in [-0.25, -0.2) is 29.9 Å². The molecule has 0 saturated heterocycles. The highest BCUT2D eigenvalue weighted by atomic mass is 19.1. The van der Waals surface area contributed by atoms with Crippen molar-refractivity contribution < 1.29 is 38.2 Å². The molecule has 1 aromatic heterocycles. The van der Waals surface area contributed by atoms with E-state index in [4.69, 9.17) is 20.5 Å². The molecule has 19 heteroatoms. The average molecular weight is 698 g/mol. The zero-order valence-corrected chi connectivity index (χ0v) is 25.9. The van der Waals surface area contributed by atoms with Gasteiger partial charge in [0.1, 0.15) is 23.1 Å². The number of ether oxygens (including phenoxy) is 2. The van der Waals surface area contributed by atoms with E-state index in [0.717, 1.165) is 5.01 Å². The van der Waals surface area contributed by atoms with E-state index in [1.54, 1.807) is 12.1 Å². The van der Waals surface area contributed by atoms with E-state index in [-0.39, 0.29) is 52.5 Å². The number of amides is 1. The molecule has 5 aromatic rings. The molecule has 0 saturated carbocycles. The Morgan fingerprint density at radius 3 is 2.12 bits per heavy atom. The lowest BCUT2D eigenvalue weighted by Gasteiger charge is -2.31. The number of aromatic carboxylic acids is 1. The van der Waals surface area contributed by atoms with Crippen LogP contribution in [0.4, 0.5) is 32.1 Å². The number of aliphatic imine (C=N–C) groups is 2. The Kier molecular flexibility index (Phi) is 9.82. The number of guanidine groups is 1. The zero-order valence-electron chi connectivity index (χ0n) is 25.9. The highest BCUT2D eigenvalue weighted by Crippen LogP contribution is 2.24. The fraction of sp³-hybridized carbons (Fsp3) is 0.0312. The van der Waals surface area contributed by atoms with Gasteiger partial charge in [-0.3, -0.25) is 15.3 Å². The molecule has 0 aliphatic carbocycles. The number of rotatable bonds is 10. The molecule has 6 rings (SSSR count). The molecule has 0 bridgehead atoms. The van der Waals surface area contributed by atoms with Gasteiger partial charge in [0.05, 0.1) is 5.56 Å². The maximum absolute atomic E-state index is 14.0. The fourth-order valence-electron chi connectivity index (χ4n) is 4.38. The molecule has 1 amide bonds. The van der Waals surface area contributed by atoms with Crippen molar-refractivity contribution in [2.45, 2.75) is 6.29 Å². The van der Waals surface area contributed by atoms with Crippen molar-refractivity contribution in [3.05, 3.63) is 120 Å². The summed E-state index contributed by atoms with van der Waals surface area (Å²) in [7, 11) is 0. The van der Waals surface area contributed by atoms with E-state index in [9.17, 15) is 23.5 Å². The quantitative estimate of drug-likeness (QED) is 0.0613. The molecule has 1 unspecified atom stereocenters. The van der Waals surface area contributed by atoms with Crippen LogP contribution in [0.1, 0.15) is 20.7 Å². The van der Waals surface area contributed by atoms with Crippen LogP contribution in [-0.4, -0.2) is 60.4 Å². The van der Waals surface area contributed by atoms with Crippen LogP contribution < -0.4 is 36.7 Å². The molecule has 0 radical (unpaired) electrons. The summed E-state index contributed by atoms with van der Waals surface area (Å²) in [6.45, 7) is 0. The minimum atomic E-state index is -1.17. The van der Waals surface area contributed by atoms with Crippen molar-refractivity contribution in [1.82, 2.24) is 25.4 Å². The van der Waals surface area contributed by atoms with Gasteiger partial charge >= 0.3 is 18.0 Å². The first-order valence-corrected chi connectivity index (χ1v) is 14.6. The predicted molar refractivity (Wildman–Crippen MR) is 178 cm³/mol. The molecular weight excluding hydrogens is 672 g/mol. The smallest absolute Gasteiger partial charge is 0.335 e. The van der Waals surface area contributed by atoms with Gasteiger partial charge in [-0.2, -0.15) is 24.9 Å². The molecule has 17 nitrogen and oxygen atoms in total. The zero-order chi connectivity index (χ0) is 35.9. The highest BCUT2D eigenvalue weighted by Gasteiger charge is 2.27. The van der Waals surface area contributed by atoms with Gasteiger partial charge in [0, 0.05) is 16.9 Å². The Labute approximate surface area is 286 Å². The number of halogens is 2. The van der Waals surface area contributed by atoms with Crippen LogP contribution in [0.15, 0.2) is 107 Å². The molecule has 0 spiro atoms. The summed E-state index contributed by atoms with van der Waals surface area (Å²) in [5, 5.41) is 27.9. The second-order valence-corrected chi connectivity index (χ2v) is 10.3. The lowest BCUT2D eigenvalue weighted by Crippen LogP contribution is -2.54. The standard InChI is InChI=1S/C32H25F2N11O6/c33-19-5-2-7-21(15-19)36-27-38-28(41-31(40-27)50-23-12-10-17(11-13-23)26(47)48)39-30-43-32(51-24-9-1-4-18(14-24)25(46)44-49)42-29(45(30)35)37-22-8-3-6-20(34)16-22/h1-16,29,37,49H,35H2,(H,44,46)(H,47,48)(H2,36,38,39,40,41,42,43). The molecule has 1 aliphatic heterocycles. The number of hydroxylamine groups is 1. The Bertz CT molecular complexity index is 2150. The first kappa shape index (κ1) is 33.6. The van der Waals surface area contributed by atoms with E-state index < -0.39 is 29.8 Å². The highest BCUT2D eigenvalue weighted by molar-refractivity contribution is 6.02. The number of nitrogens with one attached hydrogen (secondary N) is 4. The van der Waals surface area contributed by atoms with Crippen molar-refractivity contribution in [2.75, 3.05) is 16.0 Å². The van der Waals surface area contributed by atoms with Crippen LogP contribution in [0.5, 0.6) is 17.5 Å². The number of carbonyl (C=O) groups is 2. The molecule has 2 heterocycles. The number of carbonyl (C=O) groups excluding carboxylic acids is 1. The number of anilines is 4. The molecule has 4 aromatic carbocycles. The first-order chi connectivity index (χ1) is 24.6. The second kappa shape index (κ2) is 14.9. The Morgan fingerprint density at radius 2 is 1.43 bits per heavy atom. The topological polar surface area (TPSA) is 234 Å². The van der Waals surface area contributed by atoms with E-state index >= 15 is 0 Å². The number of hydrazine groups is 1. The Morgan fingerprint density at radius 1 is 0.765 bits per heavy atom. The summed E-state index contributed by atoms with van der Waals surface area (Å²) in [6.07, 6.45) is -1.17. The number of hydrogen-bond acceptors (Lipinski definition) is 15. The second-order valence-electron chi connectivity index (χ2n) is 10.3. The molecular formula is C32H25F2N11O6. The third-order valence-corrected chi connectivity index (χ3v) is 6.70. The van der Waals surface area contributed by atoms with Crippen molar-refractivity contribution in [3.8, 4) is 17.5 Å². The van der Waals surface area contributed by atoms with E-state index in [2.05, 4.69) is 40.9 Å². The van der Waals surface area contributed by atoms with Gasteiger partial charge in [0.25, 0.3) is 5.91 Å². The van der Waals surface area contributed by atoms with Crippen LogP contribution in [0.2, 0.25) is 0 Å². The minimum absolute atomic E-state index is 0.0247. The number of benzene rings is 4. The largest absolute Gasteiger partial charge is 0.478 e. The van der Waals surface area contributed by atoms with E-state index in [1.165, 1.54) is 90.4 Å². The molecule has 51 heavy (non-hydrogen) atoms. The number of carboxylic acid groups (broad SMARTS) is 1. The summed E-state index contributed by atoms with van der Waals surface area (Å²) in [5.74, 6) is 3.28. The van der Waals surface area contributed by atoms with Gasteiger partial charge in [0.15, 0.2) is 0 Å². The van der Waals surface area contributed by atoms with Gasteiger partial charge < -0.3 is 25.2 Å². The molecule has 258 valence electrons. The number of nitrogens with two attached hydrogens (primary N) is 1. The molecule has 1 atom stereocenters. The summed E-state index contributed by atoms with van der Waals surface area (Å²) in [4.78, 5) is 44.8. The van der Waals surface area contributed by atoms with E-state index in [0.29, 0.717) is 11.4 Å². The Hall–Kier alpha value is -7.25. The van der Waals surface area contributed by atoms with Crippen molar-refractivity contribution >= 4 is 47.1 Å². The summed E-state index contributed by atoms with van der Waals surface area (Å²) < 4.78 is 39.6. The van der Waals surface area contributed by atoms with Gasteiger partial charge in [-0.1, -0.05) is 18.2 Å². The maximum Gasteiger partial charge on any atom is 0.335 e. The van der Waals surface area contributed by atoms with Crippen LogP contribution in [0.3, 0.4) is 0 Å². The third-order valence-electron chi connectivity index (χ3n) is 6.70. The minimum Gasteiger partial charge on any atom is -0.478 e. The number of amidine groups is 1. The maximum atomic E-state index is 14.0.